The number of imidazole rings is 1. The molecule has 0 radical (unpaired) electrons. The van der Waals surface area contributed by atoms with Gasteiger partial charge in [-0.3, -0.25) is 15.1 Å². The van der Waals surface area contributed by atoms with E-state index in [0.29, 0.717) is 22.0 Å². The highest BCUT2D eigenvalue weighted by Gasteiger charge is 2.15. The van der Waals surface area contributed by atoms with Gasteiger partial charge in [0.15, 0.2) is 5.13 Å². The van der Waals surface area contributed by atoms with Crippen molar-refractivity contribution in [2.75, 3.05) is 5.32 Å². The maximum absolute atomic E-state index is 12.5. The summed E-state index contributed by atoms with van der Waals surface area (Å²) in [5.74, 6) is 0.482. The van der Waals surface area contributed by atoms with Crippen molar-refractivity contribution >= 4 is 33.4 Å². The zero-order valence-corrected chi connectivity index (χ0v) is 12.7. The molecule has 2 N–H and O–H groups in total. The first-order valence-corrected chi connectivity index (χ1v) is 7.79. The number of carbonyl (C=O) groups is 1. The molecule has 0 aliphatic heterocycles. The van der Waals surface area contributed by atoms with Gasteiger partial charge in [-0.1, -0.05) is 6.07 Å². The van der Waals surface area contributed by atoms with Crippen LogP contribution in [-0.2, 0) is 0 Å². The maximum Gasteiger partial charge on any atom is 0.259 e. The van der Waals surface area contributed by atoms with Crippen molar-refractivity contribution in [3.05, 3.63) is 59.9 Å². The molecule has 3 heterocycles. The van der Waals surface area contributed by atoms with E-state index in [2.05, 4.69) is 25.3 Å². The van der Waals surface area contributed by atoms with E-state index >= 15 is 0 Å². The monoisotopic (exact) mass is 321 g/mol. The third-order valence-electron chi connectivity index (χ3n) is 3.36. The fourth-order valence-electron chi connectivity index (χ4n) is 2.31. The smallest absolute Gasteiger partial charge is 0.259 e. The lowest BCUT2D eigenvalue weighted by atomic mass is 10.2. The van der Waals surface area contributed by atoms with Crippen LogP contribution in [0.4, 0.5) is 5.13 Å². The molecule has 0 fully saturated rings. The van der Waals surface area contributed by atoms with Gasteiger partial charge < -0.3 is 4.98 Å². The zero-order valence-electron chi connectivity index (χ0n) is 11.9. The maximum atomic E-state index is 12.5. The lowest BCUT2D eigenvalue weighted by molar-refractivity contribution is 0.102. The minimum Gasteiger partial charge on any atom is -0.338 e. The van der Waals surface area contributed by atoms with E-state index in [1.807, 2.05) is 29.6 Å². The number of nitrogens with one attached hydrogen (secondary N) is 2. The van der Waals surface area contributed by atoms with Crippen molar-refractivity contribution in [2.24, 2.45) is 0 Å². The summed E-state index contributed by atoms with van der Waals surface area (Å²) >= 11 is 1.38. The fourth-order valence-corrected chi connectivity index (χ4v) is 2.84. The van der Waals surface area contributed by atoms with Crippen LogP contribution in [0, 0.1) is 0 Å². The molecule has 7 heteroatoms. The van der Waals surface area contributed by atoms with Crippen molar-refractivity contribution in [1.29, 1.82) is 0 Å². The van der Waals surface area contributed by atoms with Gasteiger partial charge in [0.05, 0.1) is 11.1 Å². The van der Waals surface area contributed by atoms with E-state index in [4.69, 9.17) is 0 Å². The molecule has 23 heavy (non-hydrogen) atoms. The molecular weight excluding hydrogens is 310 g/mol. The van der Waals surface area contributed by atoms with Crippen LogP contribution < -0.4 is 5.32 Å². The molecule has 4 aromatic rings. The van der Waals surface area contributed by atoms with E-state index < -0.39 is 0 Å². The third-order valence-corrected chi connectivity index (χ3v) is 4.05. The summed E-state index contributed by atoms with van der Waals surface area (Å²) in [6, 6.07) is 9.21. The van der Waals surface area contributed by atoms with E-state index in [0.717, 1.165) is 11.1 Å². The number of anilines is 1. The Balaban J connectivity index is 1.76. The molecule has 1 amide bonds. The van der Waals surface area contributed by atoms with Crippen molar-refractivity contribution in [1.82, 2.24) is 19.9 Å². The molecule has 3 aromatic heterocycles. The van der Waals surface area contributed by atoms with Crippen molar-refractivity contribution in [2.45, 2.75) is 0 Å². The first-order valence-electron chi connectivity index (χ1n) is 6.91. The molecule has 6 nitrogen and oxygen atoms in total. The number of rotatable bonds is 3. The number of hydrogen-bond donors (Lipinski definition) is 2. The Bertz CT molecular complexity index is 963. The number of fused-ring (bicyclic) bond motifs is 1. The summed E-state index contributed by atoms with van der Waals surface area (Å²) in [6.45, 7) is 0. The second kappa shape index (κ2) is 5.62. The molecule has 112 valence electrons. The number of aromatic nitrogens is 4. The second-order valence-corrected chi connectivity index (χ2v) is 5.71. The van der Waals surface area contributed by atoms with E-state index in [1.165, 1.54) is 11.3 Å². The van der Waals surface area contributed by atoms with Crippen LogP contribution >= 0.6 is 11.3 Å². The molecule has 0 atom stereocenters. The average molecular weight is 321 g/mol. The normalized spacial score (nSPS) is 10.8. The largest absolute Gasteiger partial charge is 0.338 e. The predicted octanol–water partition coefficient (Wildman–Crippen LogP) is 3.33. The highest BCUT2D eigenvalue weighted by Crippen LogP contribution is 2.23. The van der Waals surface area contributed by atoms with E-state index in [9.17, 15) is 4.79 Å². The summed E-state index contributed by atoms with van der Waals surface area (Å²) < 4.78 is 0. The number of aromatic amines is 1. The summed E-state index contributed by atoms with van der Waals surface area (Å²) in [5.41, 5.74) is 2.87. The van der Waals surface area contributed by atoms with E-state index in [1.54, 1.807) is 24.7 Å². The quantitative estimate of drug-likeness (QED) is 0.606. The topological polar surface area (TPSA) is 83.6 Å². The SMILES string of the molecule is O=C(Nc1nccs1)c1cccc2[nH]c(-c3ccncc3)nc12. The summed E-state index contributed by atoms with van der Waals surface area (Å²) in [6.07, 6.45) is 5.06. The molecule has 4 rings (SSSR count). The Morgan fingerprint density at radius 1 is 1.13 bits per heavy atom. The second-order valence-electron chi connectivity index (χ2n) is 4.81. The summed E-state index contributed by atoms with van der Waals surface area (Å²) in [7, 11) is 0. The van der Waals surface area contributed by atoms with Gasteiger partial charge in [0.2, 0.25) is 0 Å². The van der Waals surface area contributed by atoms with Gasteiger partial charge in [-0.25, -0.2) is 9.97 Å². The average Bonchev–Trinajstić information content (AvgIpc) is 3.24. The molecule has 0 saturated heterocycles. The first-order chi connectivity index (χ1) is 11.3. The third kappa shape index (κ3) is 2.58. The van der Waals surface area contributed by atoms with Crippen molar-refractivity contribution in [3.63, 3.8) is 0 Å². The molecule has 0 bridgehead atoms. The number of nitrogens with zero attached hydrogens (tertiary/aromatic N) is 3. The van der Waals surface area contributed by atoms with Gasteiger partial charge in [0, 0.05) is 29.5 Å². The Labute approximate surface area is 135 Å². The van der Waals surface area contributed by atoms with Crippen LogP contribution in [0.1, 0.15) is 10.4 Å². The Morgan fingerprint density at radius 3 is 2.78 bits per heavy atom. The van der Waals surface area contributed by atoms with E-state index in [-0.39, 0.29) is 5.91 Å². The summed E-state index contributed by atoms with van der Waals surface area (Å²) in [5, 5.41) is 5.16. The highest BCUT2D eigenvalue weighted by molar-refractivity contribution is 7.13. The molecule has 0 saturated carbocycles. The van der Waals surface area contributed by atoms with Gasteiger partial charge in [-0.05, 0) is 24.3 Å². The van der Waals surface area contributed by atoms with Gasteiger partial charge in [0.1, 0.15) is 11.3 Å². The Morgan fingerprint density at radius 2 is 2.00 bits per heavy atom. The predicted molar refractivity (Wildman–Crippen MR) is 89.4 cm³/mol. The lowest BCUT2D eigenvalue weighted by Gasteiger charge is -2.02. The summed E-state index contributed by atoms with van der Waals surface area (Å²) in [4.78, 5) is 28.3. The molecule has 0 aliphatic carbocycles. The minimum atomic E-state index is -0.224. The molecular formula is C16H11N5OS. The van der Waals surface area contributed by atoms with Crippen molar-refractivity contribution < 1.29 is 4.79 Å². The minimum absolute atomic E-state index is 0.224. The van der Waals surface area contributed by atoms with Gasteiger partial charge in [-0.2, -0.15) is 0 Å². The number of para-hydroxylation sites is 1. The molecule has 0 spiro atoms. The Kier molecular flexibility index (Phi) is 3.32. The number of amides is 1. The lowest BCUT2D eigenvalue weighted by Crippen LogP contribution is -2.12. The number of carbonyl (C=O) groups excluding carboxylic acids is 1. The number of benzene rings is 1. The van der Waals surface area contributed by atoms with Crippen LogP contribution in [0.2, 0.25) is 0 Å². The zero-order chi connectivity index (χ0) is 15.6. The fraction of sp³-hybridized carbons (Fsp3) is 0. The first kappa shape index (κ1) is 13.6. The van der Waals surface area contributed by atoms with Crippen LogP contribution in [0.25, 0.3) is 22.4 Å². The number of pyridine rings is 1. The van der Waals surface area contributed by atoms with Gasteiger partial charge in [0.25, 0.3) is 5.91 Å². The number of thiazole rings is 1. The van der Waals surface area contributed by atoms with Crippen LogP contribution in [0.5, 0.6) is 0 Å². The molecule has 0 aliphatic rings. The number of hydrogen-bond acceptors (Lipinski definition) is 5. The molecule has 1 aromatic carbocycles. The van der Waals surface area contributed by atoms with Gasteiger partial charge in [-0.15, -0.1) is 11.3 Å². The Hall–Kier alpha value is -3.06. The molecule has 0 unspecified atom stereocenters. The number of H-pyrrole nitrogens is 1. The van der Waals surface area contributed by atoms with Crippen LogP contribution in [-0.4, -0.2) is 25.8 Å². The standard InChI is InChI=1S/C16H11N5OS/c22-15(21-16-18-8-9-23-16)11-2-1-3-12-13(11)20-14(19-12)10-4-6-17-7-5-10/h1-9H,(H,19,20)(H,18,21,22). The van der Waals surface area contributed by atoms with Gasteiger partial charge >= 0.3 is 0 Å². The van der Waals surface area contributed by atoms with Crippen LogP contribution in [0.3, 0.4) is 0 Å². The van der Waals surface area contributed by atoms with Crippen molar-refractivity contribution in [3.8, 4) is 11.4 Å². The van der Waals surface area contributed by atoms with Crippen LogP contribution in [0.15, 0.2) is 54.3 Å². The highest BCUT2D eigenvalue weighted by atomic mass is 32.1.